The lowest BCUT2D eigenvalue weighted by molar-refractivity contribution is -0.148. The molecule has 0 aliphatic carbocycles. The molecule has 0 fully saturated rings. The van der Waals surface area contributed by atoms with Crippen molar-refractivity contribution in [2.24, 2.45) is 0 Å². The highest BCUT2D eigenvalue weighted by molar-refractivity contribution is 6.74. The maximum absolute atomic E-state index is 12.2. The van der Waals surface area contributed by atoms with Crippen molar-refractivity contribution in [3.8, 4) is 11.5 Å². The monoisotopic (exact) mass is 440 g/mol. The molecule has 0 amide bonds. The fraction of sp³-hybridized carbons (Fsp3) is 0.423. The van der Waals surface area contributed by atoms with Gasteiger partial charge in [-0.1, -0.05) is 51.1 Å². The lowest BCUT2D eigenvalue weighted by atomic mass is 10.1. The van der Waals surface area contributed by atoms with Crippen molar-refractivity contribution in [3.63, 3.8) is 0 Å². The van der Waals surface area contributed by atoms with Gasteiger partial charge in [-0.15, -0.1) is 0 Å². The molecule has 2 aromatic rings. The highest BCUT2D eigenvalue weighted by Gasteiger charge is 2.39. The van der Waals surface area contributed by atoms with Gasteiger partial charge in [-0.05, 0) is 68.7 Å². The van der Waals surface area contributed by atoms with Gasteiger partial charge in [-0.25, -0.2) is 4.79 Å². The third kappa shape index (κ3) is 7.91. The normalized spacial score (nSPS) is 12.6. The van der Waals surface area contributed by atoms with Crippen LogP contribution in [0.25, 0.3) is 6.08 Å². The van der Waals surface area contributed by atoms with Crippen molar-refractivity contribution in [2.75, 3.05) is 0 Å². The number of hydrogen-bond acceptors (Lipinski definition) is 4. The van der Waals surface area contributed by atoms with E-state index in [1.54, 1.807) is 6.08 Å². The van der Waals surface area contributed by atoms with Crippen molar-refractivity contribution in [1.82, 2.24) is 0 Å². The number of rotatable bonds is 7. The number of ether oxygens (including phenoxy) is 2. The van der Waals surface area contributed by atoms with E-state index in [2.05, 4.69) is 33.9 Å². The van der Waals surface area contributed by atoms with Crippen LogP contribution in [0.3, 0.4) is 0 Å². The molecule has 4 nitrogen and oxygen atoms in total. The molecule has 2 rings (SSSR count). The lowest BCUT2D eigenvalue weighted by Crippen LogP contribution is -2.43. The van der Waals surface area contributed by atoms with Gasteiger partial charge in [0.25, 0.3) is 0 Å². The van der Waals surface area contributed by atoms with Crippen molar-refractivity contribution in [2.45, 2.75) is 71.9 Å². The maximum Gasteiger partial charge on any atom is 0.331 e. The molecule has 0 radical (unpaired) electrons. The van der Waals surface area contributed by atoms with E-state index in [9.17, 15) is 4.79 Å². The third-order valence-electron chi connectivity index (χ3n) is 5.20. The summed E-state index contributed by atoms with van der Waals surface area (Å²) in [6, 6.07) is 15.8. The van der Waals surface area contributed by atoms with E-state index in [-0.39, 0.29) is 5.04 Å². The molecule has 31 heavy (non-hydrogen) atoms. The molecule has 0 spiro atoms. The predicted octanol–water partition coefficient (Wildman–Crippen LogP) is 7.00. The van der Waals surface area contributed by atoms with Gasteiger partial charge in [-0.2, -0.15) is 0 Å². The summed E-state index contributed by atoms with van der Waals surface area (Å²) in [7, 11) is -1.99. The number of benzene rings is 2. The van der Waals surface area contributed by atoms with Gasteiger partial charge in [0.05, 0.1) is 0 Å². The minimum atomic E-state index is -1.99. The Kier molecular flexibility index (Phi) is 7.76. The van der Waals surface area contributed by atoms with E-state index < -0.39 is 19.9 Å². The Hall–Kier alpha value is -2.53. The van der Waals surface area contributed by atoms with E-state index in [1.165, 1.54) is 6.08 Å². The molecule has 0 N–H and O–H groups in total. The van der Waals surface area contributed by atoms with Crippen LogP contribution in [0.4, 0.5) is 0 Å². The van der Waals surface area contributed by atoms with Crippen LogP contribution in [-0.2, 0) is 16.1 Å². The lowest BCUT2D eigenvalue weighted by Gasteiger charge is -2.36. The van der Waals surface area contributed by atoms with Crippen LogP contribution in [0.2, 0.25) is 18.1 Å². The fourth-order valence-electron chi connectivity index (χ4n) is 2.53. The Balaban J connectivity index is 2.30. The first-order valence-corrected chi connectivity index (χ1v) is 13.6. The zero-order valence-corrected chi connectivity index (χ0v) is 21.1. The molecule has 0 saturated heterocycles. The molecule has 5 heteroatoms. The van der Waals surface area contributed by atoms with Crippen LogP contribution in [0, 0.1) is 0 Å². The largest absolute Gasteiger partial charge is 0.543 e. The Labute approximate surface area is 188 Å². The number of esters is 1. The van der Waals surface area contributed by atoms with Gasteiger partial charge in [-0.3, -0.25) is 0 Å². The summed E-state index contributed by atoms with van der Waals surface area (Å²) in [5, 5.41) is 0.0853. The summed E-state index contributed by atoms with van der Waals surface area (Å²) >= 11 is 0. The number of carbonyl (C=O) groups is 1. The second-order valence-corrected chi connectivity index (χ2v) is 14.9. The molecule has 0 aliphatic rings. The fourth-order valence-corrected chi connectivity index (χ4v) is 3.55. The van der Waals surface area contributed by atoms with Crippen LogP contribution in [0.5, 0.6) is 11.5 Å². The SMILES string of the molecule is CC(C)(C)OC(=O)/C=C/c1cc(O[Si](C)(C)C(C)(C)C)ccc1OCc1ccccc1. The van der Waals surface area contributed by atoms with E-state index in [1.807, 2.05) is 69.3 Å². The second kappa shape index (κ2) is 9.73. The summed E-state index contributed by atoms with van der Waals surface area (Å²) in [6.45, 7) is 17.0. The molecular formula is C26H36O4Si. The van der Waals surface area contributed by atoms with Crippen LogP contribution >= 0.6 is 0 Å². The summed E-state index contributed by atoms with van der Waals surface area (Å²) in [6.07, 6.45) is 3.17. The zero-order valence-electron chi connectivity index (χ0n) is 20.1. The minimum Gasteiger partial charge on any atom is -0.543 e. The average molecular weight is 441 g/mol. The Morgan fingerprint density at radius 1 is 0.968 bits per heavy atom. The predicted molar refractivity (Wildman–Crippen MR) is 130 cm³/mol. The topological polar surface area (TPSA) is 44.8 Å². The van der Waals surface area contributed by atoms with E-state index in [4.69, 9.17) is 13.9 Å². The van der Waals surface area contributed by atoms with E-state index >= 15 is 0 Å². The molecule has 0 heterocycles. The van der Waals surface area contributed by atoms with Crippen molar-refractivity contribution >= 4 is 20.4 Å². The van der Waals surface area contributed by atoms with Crippen LogP contribution in [-0.4, -0.2) is 19.9 Å². The first kappa shape index (κ1) is 24.7. The molecule has 0 atom stereocenters. The number of hydrogen-bond donors (Lipinski definition) is 0. The summed E-state index contributed by atoms with van der Waals surface area (Å²) < 4.78 is 17.9. The quantitative estimate of drug-likeness (QED) is 0.264. The summed E-state index contributed by atoms with van der Waals surface area (Å²) in [5.41, 5.74) is 1.31. The van der Waals surface area contributed by atoms with E-state index in [0.29, 0.717) is 12.4 Å². The Bertz CT molecular complexity index is 903. The molecule has 0 bridgehead atoms. The van der Waals surface area contributed by atoms with Gasteiger partial charge >= 0.3 is 5.97 Å². The van der Waals surface area contributed by atoms with Crippen LogP contribution in [0.15, 0.2) is 54.6 Å². The second-order valence-electron chi connectivity index (χ2n) is 10.2. The van der Waals surface area contributed by atoms with Gasteiger partial charge < -0.3 is 13.9 Å². The maximum atomic E-state index is 12.2. The van der Waals surface area contributed by atoms with Crippen molar-refractivity contribution in [1.29, 1.82) is 0 Å². The van der Waals surface area contributed by atoms with Gasteiger partial charge in [0.15, 0.2) is 0 Å². The smallest absolute Gasteiger partial charge is 0.331 e. The van der Waals surface area contributed by atoms with Gasteiger partial charge in [0, 0.05) is 11.6 Å². The molecule has 2 aromatic carbocycles. The van der Waals surface area contributed by atoms with Gasteiger partial charge in [0.1, 0.15) is 23.7 Å². The average Bonchev–Trinajstić information content (AvgIpc) is 2.64. The zero-order chi connectivity index (χ0) is 23.3. The first-order valence-electron chi connectivity index (χ1n) is 10.7. The minimum absolute atomic E-state index is 0.0853. The molecule has 0 aromatic heterocycles. The summed E-state index contributed by atoms with van der Waals surface area (Å²) in [5.74, 6) is 1.07. The molecular weight excluding hydrogens is 404 g/mol. The standard InChI is InChI=1S/C26H36O4Si/c1-25(2,3)29-24(27)17-14-21-18-22(30-31(7,8)26(4,5)6)15-16-23(21)28-19-20-12-10-9-11-13-20/h9-18H,19H2,1-8H3/b17-14+. The van der Waals surface area contributed by atoms with Crippen molar-refractivity contribution in [3.05, 3.63) is 65.7 Å². The highest BCUT2D eigenvalue weighted by Crippen LogP contribution is 2.38. The molecule has 0 unspecified atom stereocenters. The Morgan fingerprint density at radius 3 is 2.19 bits per heavy atom. The van der Waals surface area contributed by atoms with Crippen LogP contribution in [0.1, 0.15) is 52.7 Å². The number of carbonyl (C=O) groups excluding carboxylic acids is 1. The Morgan fingerprint density at radius 2 is 1.61 bits per heavy atom. The highest BCUT2D eigenvalue weighted by atomic mass is 28.4. The first-order chi connectivity index (χ1) is 14.3. The van der Waals surface area contributed by atoms with E-state index in [0.717, 1.165) is 16.9 Å². The molecule has 168 valence electrons. The van der Waals surface area contributed by atoms with Crippen LogP contribution < -0.4 is 9.16 Å². The molecule has 0 aliphatic heterocycles. The van der Waals surface area contributed by atoms with Crippen molar-refractivity contribution < 1.29 is 18.7 Å². The van der Waals surface area contributed by atoms with Gasteiger partial charge in [0.2, 0.25) is 8.32 Å². The summed E-state index contributed by atoms with van der Waals surface area (Å²) in [4.78, 5) is 12.2. The third-order valence-corrected chi connectivity index (χ3v) is 9.56. The molecule has 0 saturated carbocycles.